The second-order valence-electron chi connectivity index (χ2n) is 6.17. The maximum Gasteiger partial charge on any atom is 0.256 e. The Kier molecular flexibility index (Phi) is 5.14. The van der Waals surface area contributed by atoms with E-state index < -0.39 is 0 Å². The quantitative estimate of drug-likeness (QED) is 0.916. The van der Waals surface area contributed by atoms with Crippen LogP contribution in [-0.2, 0) is 4.74 Å². The predicted octanol–water partition coefficient (Wildman–Crippen LogP) is 1.94. The van der Waals surface area contributed by atoms with Crippen molar-refractivity contribution in [2.45, 2.75) is 6.92 Å². The van der Waals surface area contributed by atoms with Crippen LogP contribution in [-0.4, -0.2) is 56.3 Å². The van der Waals surface area contributed by atoms with Gasteiger partial charge in [0.25, 0.3) is 5.91 Å². The van der Waals surface area contributed by atoms with Gasteiger partial charge in [-0.25, -0.2) is 4.98 Å². The number of anilines is 3. The molecule has 1 aromatic carbocycles. The first-order valence-corrected chi connectivity index (χ1v) is 8.30. The molecule has 2 heterocycles. The summed E-state index contributed by atoms with van der Waals surface area (Å²) in [6, 6.07) is 7.49. The van der Waals surface area contributed by atoms with E-state index in [1.165, 1.54) is 0 Å². The van der Waals surface area contributed by atoms with Crippen molar-refractivity contribution >= 4 is 23.4 Å². The minimum Gasteiger partial charge on any atom is -0.378 e. The summed E-state index contributed by atoms with van der Waals surface area (Å²) in [5.74, 6) is 1.17. The highest BCUT2D eigenvalue weighted by molar-refractivity contribution is 6.06. The molecule has 0 spiro atoms. The fourth-order valence-electron chi connectivity index (χ4n) is 2.73. The fraction of sp³-hybridized carbons (Fsp3) is 0.389. The normalized spacial score (nSPS) is 14.3. The number of morpholine rings is 1. The van der Waals surface area contributed by atoms with Gasteiger partial charge in [0.05, 0.1) is 19.4 Å². The molecule has 1 aliphatic heterocycles. The summed E-state index contributed by atoms with van der Waals surface area (Å²) in [7, 11) is 3.80. The number of carbonyl (C=O) groups excluding carboxylic acids is 1. The zero-order chi connectivity index (χ0) is 17.8. The van der Waals surface area contributed by atoms with Gasteiger partial charge in [-0.05, 0) is 18.6 Å². The van der Waals surface area contributed by atoms with Crippen molar-refractivity contribution in [3.63, 3.8) is 0 Å². The largest absolute Gasteiger partial charge is 0.378 e. The van der Waals surface area contributed by atoms with Gasteiger partial charge in [0, 0.05) is 32.7 Å². The van der Waals surface area contributed by atoms with Gasteiger partial charge < -0.3 is 19.9 Å². The third kappa shape index (κ3) is 3.88. The van der Waals surface area contributed by atoms with E-state index in [0.717, 1.165) is 18.7 Å². The monoisotopic (exact) mass is 341 g/mol. The van der Waals surface area contributed by atoms with Crippen LogP contribution in [0.15, 0.2) is 30.5 Å². The molecule has 1 fully saturated rings. The van der Waals surface area contributed by atoms with E-state index in [9.17, 15) is 4.79 Å². The first-order chi connectivity index (χ1) is 12.1. The van der Waals surface area contributed by atoms with Crippen LogP contribution in [0, 0.1) is 6.92 Å². The first-order valence-electron chi connectivity index (χ1n) is 8.30. The van der Waals surface area contributed by atoms with E-state index in [-0.39, 0.29) is 5.91 Å². The lowest BCUT2D eigenvalue weighted by Gasteiger charge is -2.28. The van der Waals surface area contributed by atoms with Crippen LogP contribution < -0.4 is 15.1 Å². The predicted molar refractivity (Wildman–Crippen MR) is 98.5 cm³/mol. The second kappa shape index (κ2) is 7.48. The molecule has 7 nitrogen and oxygen atoms in total. The molecule has 0 atom stereocenters. The van der Waals surface area contributed by atoms with Crippen LogP contribution >= 0.6 is 0 Å². The minimum absolute atomic E-state index is 0.163. The summed E-state index contributed by atoms with van der Waals surface area (Å²) in [5.41, 5.74) is 2.16. The van der Waals surface area contributed by atoms with Crippen LogP contribution in [0.25, 0.3) is 0 Å². The van der Waals surface area contributed by atoms with Crippen LogP contribution in [0.3, 0.4) is 0 Å². The molecule has 0 unspecified atom stereocenters. The van der Waals surface area contributed by atoms with Gasteiger partial charge in [0.2, 0.25) is 5.95 Å². The first kappa shape index (κ1) is 17.2. The summed E-state index contributed by atoms with van der Waals surface area (Å²) in [6.45, 7) is 4.79. The molecule has 1 aromatic heterocycles. The van der Waals surface area contributed by atoms with Gasteiger partial charge in [-0.2, -0.15) is 4.98 Å². The average molecular weight is 341 g/mol. The Hall–Kier alpha value is -2.67. The Balaban J connectivity index is 1.85. The van der Waals surface area contributed by atoms with E-state index >= 15 is 0 Å². The number of nitrogens with one attached hydrogen (secondary N) is 1. The number of ether oxygens (including phenoxy) is 1. The van der Waals surface area contributed by atoms with Crippen LogP contribution in [0.1, 0.15) is 15.9 Å². The van der Waals surface area contributed by atoms with Gasteiger partial charge in [0.15, 0.2) is 5.82 Å². The molecular weight excluding hydrogens is 318 g/mol. The standard InChI is InChI=1S/C18H23N5O2/c1-13-6-4-5-7-14(13)17(24)20-15-12-19-18(21-16(15)22(2)3)23-8-10-25-11-9-23/h4-7,12H,8-11H2,1-3H3,(H,20,24). The Labute approximate surface area is 147 Å². The molecule has 2 aromatic rings. The number of aryl methyl sites for hydroxylation is 1. The lowest BCUT2D eigenvalue weighted by molar-refractivity contribution is 0.102. The van der Waals surface area contributed by atoms with Crippen molar-refractivity contribution in [1.82, 2.24) is 9.97 Å². The maximum atomic E-state index is 12.6. The molecule has 1 saturated heterocycles. The summed E-state index contributed by atoms with van der Waals surface area (Å²) in [4.78, 5) is 25.6. The van der Waals surface area contributed by atoms with Crippen molar-refractivity contribution in [3.8, 4) is 0 Å². The number of benzene rings is 1. The Morgan fingerprint density at radius 1 is 1.24 bits per heavy atom. The molecule has 1 N–H and O–H groups in total. The summed E-state index contributed by atoms with van der Waals surface area (Å²) >= 11 is 0. The van der Waals surface area contributed by atoms with Crippen LogP contribution in [0.4, 0.5) is 17.5 Å². The Morgan fingerprint density at radius 2 is 1.96 bits per heavy atom. The molecule has 0 saturated carbocycles. The van der Waals surface area contributed by atoms with Gasteiger partial charge in [-0.15, -0.1) is 0 Å². The zero-order valence-corrected chi connectivity index (χ0v) is 14.8. The topological polar surface area (TPSA) is 70.6 Å². The lowest BCUT2D eigenvalue weighted by Crippen LogP contribution is -2.37. The Bertz CT molecular complexity index is 757. The number of hydrogen-bond acceptors (Lipinski definition) is 6. The van der Waals surface area contributed by atoms with Gasteiger partial charge in [-0.1, -0.05) is 18.2 Å². The molecular formula is C18H23N5O2. The van der Waals surface area contributed by atoms with E-state index in [0.29, 0.717) is 36.2 Å². The summed E-state index contributed by atoms with van der Waals surface area (Å²) in [5, 5.41) is 2.93. The van der Waals surface area contributed by atoms with Crippen molar-refractivity contribution in [2.75, 3.05) is 55.5 Å². The van der Waals surface area contributed by atoms with Crippen molar-refractivity contribution < 1.29 is 9.53 Å². The number of rotatable bonds is 4. The third-order valence-electron chi connectivity index (χ3n) is 4.11. The second-order valence-corrected chi connectivity index (χ2v) is 6.17. The van der Waals surface area contributed by atoms with Crippen LogP contribution in [0.2, 0.25) is 0 Å². The highest BCUT2D eigenvalue weighted by Gasteiger charge is 2.18. The molecule has 25 heavy (non-hydrogen) atoms. The van der Waals surface area contributed by atoms with Crippen LogP contribution in [0.5, 0.6) is 0 Å². The van der Waals surface area contributed by atoms with Crippen molar-refractivity contribution in [1.29, 1.82) is 0 Å². The summed E-state index contributed by atoms with van der Waals surface area (Å²) < 4.78 is 5.37. The average Bonchev–Trinajstić information content (AvgIpc) is 2.63. The van der Waals surface area contributed by atoms with E-state index in [1.807, 2.05) is 50.2 Å². The molecule has 0 radical (unpaired) electrons. The fourth-order valence-corrected chi connectivity index (χ4v) is 2.73. The van der Waals surface area contributed by atoms with E-state index in [4.69, 9.17) is 4.74 Å². The molecule has 1 aliphatic rings. The Morgan fingerprint density at radius 3 is 2.64 bits per heavy atom. The van der Waals surface area contributed by atoms with Gasteiger partial charge in [-0.3, -0.25) is 4.79 Å². The molecule has 1 amide bonds. The van der Waals surface area contributed by atoms with E-state index in [2.05, 4.69) is 20.2 Å². The van der Waals surface area contributed by atoms with Crippen molar-refractivity contribution in [2.24, 2.45) is 0 Å². The lowest BCUT2D eigenvalue weighted by atomic mass is 10.1. The zero-order valence-electron chi connectivity index (χ0n) is 14.8. The maximum absolute atomic E-state index is 12.6. The highest BCUT2D eigenvalue weighted by Crippen LogP contribution is 2.25. The molecule has 0 aliphatic carbocycles. The van der Waals surface area contributed by atoms with Gasteiger partial charge >= 0.3 is 0 Å². The third-order valence-corrected chi connectivity index (χ3v) is 4.11. The minimum atomic E-state index is -0.163. The molecule has 3 rings (SSSR count). The van der Waals surface area contributed by atoms with Gasteiger partial charge in [0.1, 0.15) is 5.69 Å². The molecule has 0 bridgehead atoms. The number of amides is 1. The van der Waals surface area contributed by atoms with E-state index in [1.54, 1.807) is 6.20 Å². The number of nitrogens with zero attached hydrogens (tertiary/aromatic N) is 4. The SMILES string of the molecule is Cc1ccccc1C(=O)Nc1cnc(N2CCOCC2)nc1N(C)C. The van der Waals surface area contributed by atoms with Crippen molar-refractivity contribution in [3.05, 3.63) is 41.6 Å². The molecule has 7 heteroatoms. The number of aromatic nitrogens is 2. The number of carbonyl (C=O) groups is 1. The number of hydrogen-bond donors (Lipinski definition) is 1. The summed E-state index contributed by atoms with van der Waals surface area (Å²) in [6.07, 6.45) is 1.67. The molecule has 132 valence electrons. The smallest absolute Gasteiger partial charge is 0.256 e. The highest BCUT2D eigenvalue weighted by atomic mass is 16.5.